The molecule has 0 aliphatic rings. The van der Waals surface area contributed by atoms with Crippen molar-refractivity contribution in [2.45, 2.75) is 19.4 Å². The first-order valence-corrected chi connectivity index (χ1v) is 8.53. The minimum Gasteiger partial charge on any atom is -0.309 e. The first-order valence-electron chi connectivity index (χ1n) is 7.73. The van der Waals surface area contributed by atoms with Gasteiger partial charge in [-0.05, 0) is 84.9 Å². The molecular formula is C17H30BrN3. The van der Waals surface area contributed by atoms with E-state index in [1.807, 2.05) is 0 Å². The van der Waals surface area contributed by atoms with E-state index >= 15 is 0 Å². The Morgan fingerprint density at radius 3 is 1.67 bits per heavy atom. The SMILES string of the molecule is CN(C)CCCN(CCCN(C)C)Cc1ccc(Br)cc1. The average molecular weight is 356 g/mol. The summed E-state index contributed by atoms with van der Waals surface area (Å²) in [4.78, 5) is 7.10. The Balaban J connectivity index is 2.47. The Morgan fingerprint density at radius 2 is 1.24 bits per heavy atom. The minimum absolute atomic E-state index is 1.05. The summed E-state index contributed by atoms with van der Waals surface area (Å²) < 4.78 is 1.15. The van der Waals surface area contributed by atoms with Gasteiger partial charge in [-0.1, -0.05) is 28.1 Å². The first-order chi connectivity index (χ1) is 9.97. The third-order valence-corrected chi connectivity index (χ3v) is 4.01. The largest absolute Gasteiger partial charge is 0.309 e. The molecule has 0 saturated carbocycles. The van der Waals surface area contributed by atoms with Crippen molar-refractivity contribution in [3.05, 3.63) is 34.3 Å². The molecule has 21 heavy (non-hydrogen) atoms. The zero-order chi connectivity index (χ0) is 15.7. The number of halogens is 1. The molecule has 4 heteroatoms. The maximum atomic E-state index is 3.50. The number of hydrogen-bond donors (Lipinski definition) is 0. The fourth-order valence-electron chi connectivity index (χ4n) is 2.34. The van der Waals surface area contributed by atoms with Gasteiger partial charge in [0.2, 0.25) is 0 Å². The van der Waals surface area contributed by atoms with E-state index in [4.69, 9.17) is 0 Å². The van der Waals surface area contributed by atoms with E-state index in [2.05, 4.69) is 83.1 Å². The fraction of sp³-hybridized carbons (Fsp3) is 0.647. The van der Waals surface area contributed by atoms with Gasteiger partial charge in [-0.15, -0.1) is 0 Å². The molecule has 0 radical (unpaired) electrons. The summed E-state index contributed by atoms with van der Waals surface area (Å²) >= 11 is 3.50. The highest BCUT2D eigenvalue weighted by atomic mass is 79.9. The van der Waals surface area contributed by atoms with Crippen LogP contribution in [0.25, 0.3) is 0 Å². The van der Waals surface area contributed by atoms with Crippen LogP contribution in [-0.4, -0.2) is 69.1 Å². The van der Waals surface area contributed by atoms with Gasteiger partial charge in [-0.3, -0.25) is 4.90 Å². The molecule has 1 rings (SSSR count). The average Bonchev–Trinajstić information content (AvgIpc) is 2.40. The van der Waals surface area contributed by atoms with E-state index in [0.29, 0.717) is 0 Å². The number of hydrogen-bond acceptors (Lipinski definition) is 3. The van der Waals surface area contributed by atoms with Crippen LogP contribution >= 0.6 is 15.9 Å². The van der Waals surface area contributed by atoms with Crippen LogP contribution in [0.5, 0.6) is 0 Å². The summed E-state index contributed by atoms with van der Waals surface area (Å²) in [7, 11) is 8.58. The van der Waals surface area contributed by atoms with E-state index in [1.165, 1.54) is 31.5 Å². The topological polar surface area (TPSA) is 9.72 Å². The summed E-state index contributed by atoms with van der Waals surface area (Å²) in [5, 5.41) is 0. The second-order valence-corrected chi connectivity index (χ2v) is 7.13. The van der Waals surface area contributed by atoms with E-state index in [-0.39, 0.29) is 0 Å². The van der Waals surface area contributed by atoms with Crippen molar-refractivity contribution >= 4 is 15.9 Å². The third-order valence-electron chi connectivity index (χ3n) is 3.48. The maximum Gasteiger partial charge on any atom is 0.0233 e. The van der Waals surface area contributed by atoms with Crippen LogP contribution in [-0.2, 0) is 6.54 Å². The molecule has 3 nitrogen and oxygen atoms in total. The van der Waals surface area contributed by atoms with E-state index in [0.717, 1.165) is 24.1 Å². The van der Waals surface area contributed by atoms with Crippen LogP contribution in [0.15, 0.2) is 28.7 Å². The van der Waals surface area contributed by atoms with Gasteiger partial charge in [-0.2, -0.15) is 0 Å². The van der Waals surface area contributed by atoms with Crippen LogP contribution in [0.1, 0.15) is 18.4 Å². The molecule has 0 aliphatic heterocycles. The second-order valence-electron chi connectivity index (χ2n) is 6.22. The van der Waals surface area contributed by atoms with Gasteiger partial charge in [-0.25, -0.2) is 0 Å². The van der Waals surface area contributed by atoms with E-state index in [9.17, 15) is 0 Å². The Hall–Kier alpha value is -0.420. The lowest BCUT2D eigenvalue weighted by atomic mass is 10.2. The van der Waals surface area contributed by atoms with E-state index < -0.39 is 0 Å². The standard InChI is InChI=1S/C17H30BrN3/c1-19(2)11-5-13-21(14-6-12-20(3)4)15-16-7-9-17(18)10-8-16/h7-10H,5-6,11-15H2,1-4H3. The van der Waals surface area contributed by atoms with Crippen molar-refractivity contribution in [3.63, 3.8) is 0 Å². The molecule has 1 aromatic carbocycles. The van der Waals surface area contributed by atoms with Gasteiger partial charge in [0.1, 0.15) is 0 Å². The van der Waals surface area contributed by atoms with Gasteiger partial charge in [0.15, 0.2) is 0 Å². The Bertz CT molecular complexity index is 362. The Kier molecular flexibility index (Phi) is 9.16. The summed E-state index contributed by atoms with van der Waals surface area (Å²) in [5.41, 5.74) is 1.40. The zero-order valence-electron chi connectivity index (χ0n) is 14.0. The molecule has 0 aromatic heterocycles. The third kappa shape index (κ3) is 9.25. The van der Waals surface area contributed by atoms with Crippen LogP contribution < -0.4 is 0 Å². The molecule has 120 valence electrons. The predicted octanol–water partition coefficient (Wildman–Crippen LogP) is 3.15. The van der Waals surface area contributed by atoms with Crippen LogP contribution in [0.2, 0.25) is 0 Å². The molecule has 0 spiro atoms. The van der Waals surface area contributed by atoms with Gasteiger partial charge in [0, 0.05) is 11.0 Å². The minimum atomic E-state index is 1.05. The smallest absolute Gasteiger partial charge is 0.0233 e. The predicted molar refractivity (Wildman–Crippen MR) is 95.8 cm³/mol. The highest BCUT2D eigenvalue weighted by Gasteiger charge is 2.07. The van der Waals surface area contributed by atoms with Gasteiger partial charge >= 0.3 is 0 Å². The normalized spacial score (nSPS) is 11.8. The molecule has 0 N–H and O–H groups in total. The quantitative estimate of drug-likeness (QED) is 0.638. The molecule has 0 fully saturated rings. The second kappa shape index (κ2) is 10.3. The van der Waals surface area contributed by atoms with Gasteiger partial charge in [0.25, 0.3) is 0 Å². The molecule has 0 bridgehead atoms. The molecule has 0 heterocycles. The molecule has 0 aliphatic carbocycles. The summed E-state index contributed by atoms with van der Waals surface area (Å²) in [6, 6.07) is 8.70. The molecule has 1 aromatic rings. The summed E-state index contributed by atoms with van der Waals surface area (Å²) in [5.74, 6) is 0. The lowest BCUT2D eigenvalue weighted by Crippen LogP contribution is -2.29. The fourth-order valence-corrected chi connectivity index (χ4v) is 2.60. The Morgan fingerprint density at radius 1 is 0.762 bits per heavy atom. The number of benzene rings is 1. The molecule has 0 amide bonds. The Labute approximate surface area is 139 Å². The molecular weight excluding hydrogens is 326 g/mol. The number of nitrogens with zero attached hydrogens (tertiary/aromatic N) is 3. The van der Waals surface area contributed by atoms with Crippen molar-refractivity contribution in [1.82, 2.24) is 14.7 Å². The lowest BCUT2D eigenvalue weighted by Gasteiger charge is -2.24. The van der Waals surface area contributed by atoms with Gasteiger partial charge < -0.3 is 9.80 Å². The van der Waals surface area contributed by atoms with Crippen LogP contribution in [0, 0.1) is 0 Å². The van der Waals surface area contributed by atoms with Crippen LogP contribution in [0.4, 0.5) is 0 Å². The van der Waals surface area contributed by atoms with Crippen molar-refractivity contribution in [1.29, 1.82) is 0 Å². The lowest BCUT2D eigenvalue weighted by molar-refractivity contribution is 0.234. The molecule has 0 atom stereocenters. The molecule has 0 saturated heterocycles. The van der Waals surface area contributed by atoms with E-state index in [1.54, 1.807) is 0 Å². The summed E-state index contributed by atoms with van der Waals surface area (Å²) in [6.45, 7) is 5.70. The molecule has 0 unspecified atom stereocenters. The van der Waals surface area contributed by atoms with Crippen LogP contribution in [0.3, 0.4) is 0 Å². The maximum absolute atomic E-state index is 3.50. The first kappa shape index (κ1) is 18.6. The highest BCUT2D eigenvalue weighted by molar-refractivity contribution is 9.10. The zero-order valence-corrected chi connectivity index (χ0v) is 15.6. The number of rotatable bonds is 10. The summed E-state index contributed by atoms with van der Waals surface area (Å²) in [6.07, 6.45) is 2.46. The van der Waals surface area contributed by atoms with Crippen molar-refractivity contribution < 1.29 is 0 Å². The monoisotopic (exact) mass is 355 g/mol. The van der Waals surface area contributed by atoms with Gasteiger partial charge in [0.05, 0.1) is 0 Å². The van der Waals surface area contributed by atoms with Crippen molar-refractivity contribution in [2.24, 2.45) is 0 Å². The van der Waals surface area contributed by atoms with Crippen molar-refractivity contribution in [2.75, 3.05) is 54.4 Å². The van der Waals surface area contributed by atoms with Crippen molar-refractivity contribution in [3.8, 4) is 0 Å². The highest BCUT2D eigenvalue weighted by Crippen LogP contribution is 2.12.